The van der Waals surface area contributed by atoms with Gasteiger partial charge >= 0.3 is 0 Å². The summed E-state index contributed by atoms with van der Waals surface area (Å²) >= 11 is 0. The number of aryl methyl sites for hydroxylation is 1. The number of fused-ring (bicyclic) bond motifs is 2. The highest BCUT2D eigenvalue weighted by molar-refractivity contribution is 5.94. The van der Waals surface area contributed by atoms with E-state index in [-0.39, 0.29) is 12.1 Å². The first-order chi connectivity index (χ1) is 13.1. The molecule has 138 valence electrons. The molecule has 2 N–H and O–H groups in total. The van der Waals surface area contributed by atoms with Crippen molar-refractivity contribution < 1.29 is 4.79 Å². The van der Waals surface area contributed by atoms with Crippen molar-refractivity contribution in [1.82, 2.24) is 9.78 Å². The van der Waals surface area contributed by atoms with Gasteiger partial charge in [-0.15, -0.1) is 0 Å². The molecule has 5 heteroatoms. The van der Waals surface area contributed by atoms with Crippen molar-refractivity contribution in [2.24, 2.45) is 7.05 Å². The van der Waals surface area contributed by atoms with Gasteiger partial charge in [0.2, 0.25) is 0 Å². The van der Waals surface area contributed by atoms with Gasteiger partial charge in [0.1, 0.15) is 6.29 Å². The molecule has 1 aliphatic heterocycles. The Labute approximate surface area is 158 Å². The number of carbonyl (C=O) groups is 1. The maximum atomic E-state index is 11.4. The van der Waals surface area contributed by atoms with Gasteiger partial charge in [-0.2, -0.15) is 5.10 Å². The standard InChI is InChI=1S/C22H24N4O/c1-13-10-16(12-27)24-19-5-3-4-17(22(19)23-13)15-8-9-20-18(11-15)21(14-6-7-14)25-26(20)2/h3-5,8-9,11-14,16,23-24H,6-7,10H2,1-2H3/t13-,16?/m1/s1. The maximum Gasteiger partial charge on any atom is 0.142 e. The second-order valence-electron chi connectivity index (χ2n) is 7.91. The first kappa shape index (κ1) is 16.4. The molecule has 0 amide bonds. The van der Waals surface area contributed by atoms with Crippen LogP contribution < -0.4 is 10.6 Å². The molecule has 2 aliphatic rings. The number of para-hydroxylation sites is 1. The van der Waals surface area contributed by atoms with Crippen LogP contribution in [0.4, 0.5) is 11.4 Å². The molecule has 1 aromatic heterocycles. The van der Waals surface area contributed by atoms with Gasteiger partial charge in [-0.3, -0.25) is 4.68 Å². The number of hydrogen-bond donors (Lipinski definition) is 2. The van der Waals surface area contributed by atoms with E-state index < -0.39 is 0 Å². The molecule has 5 rings (SSSR count). The van der Waals surface area contributed by atoms with E-state index in [2.05, 4.69) is 47.9 Å². The maximum absolute atomic E-state index is 11.4. The van der Waals surface area contributed by atoms with Crippen molar-refractivity contribution in [1.29, 1.82) is 0 Å². The molecule has 0 radical (unpaired) electrons. The number of nitrogens with zero attached hydrogens (tertiary/aromatic N) is 2. The first-order valence-corrected chi connectivity index (χ1v) is 9.72. The van der Waals surface area contributed by atoms with E-state index in [0.29, 0.717) is 5.92 Å². The molecule has 1 aliphatic carbocycles. The predicted molar refractivity (Wildman–Crippen MR) is 109 cm³/mol. The summed E-state index contributed by atoms with van der Waals surface area (Å²) in [4.78, 5) is 11.4. The van der Waals surface area contributed by atoms with E-state index in [1.807, 2.05) is 17.8 Å². The fraction of sp³-hybridized carbons (Fsp3) is 0.364. The number of anilines is 2. The minimum absolute atomic E-state index is 0.161. The third kappa shape index (κ3) is 2.78. The van der Waals surface area contributed by atoms with Crippen LogP contribution in [0.5, 0.6) is 0 Å². The Morgan fingerprint density at radius 1 is 1.19 bits per heavy atom. The number of aromatic nitrogens is 2. The van der Waals surface area contributed by atoms with Crippen LogP contribution in [0.3, 0.4) is 0 Å². The number of benzene rings is 2. The molecule has 2 aromatic carbocycles. The van der Waals surface area contributed by atoms with E-state index in [1.54, 1.807) is 0 Å². The summed E-state index contributed by atoms with van der Waals surface area (Å²) in [5.74, 6) is 0.616. The molecule has 5 nitrogen and oxygen atoms in total. The average molecular weight is 360 g/mol. The van der Waals surface area contributed by atoms with Crippen LogP contribution in [0.2, 0.25) is 0 Å². The van der Waals surface area contributed by atoms with Crippen LogP contribution in [0.15, 0.2) is 36.4 Å². The second kappa shape index (κ2) is 6.12. The van der Waals surface area contributed by atoms with Crippen LogP contribution in [0, 0.1) is 0 Å². The quantitative estimate of drug-likeness (QED) is 0.684. The van der Waals surface area contributed by atoms with E-state index in [9.17, 15) is 4.79 Å². The molecule has 2 atom stereocenters. The molecule has 1 unspecified atom stereocenters. The number of nitrogens with one attached hydrogen (secondary N) is 2. The summed E-state index contributed by atoms with van der Waals surface area (Å²) in [6, 6.07) is 12.9. The Kier molecular flexibility index (Phi) is 3.71. The van der Waals surface area contributed by atoms with Gasteiger partial charge in [-0.25, -0.2) is 0 Å². The summed E-state index contributed by atoms with van der Waals surface area (Å²) in [7, 11) is 2.02. The van der Waals surface area contributed by atoms with Crippen LogP contribution in [-0.4, -0.2) is 28.2 Å². The number of hydrogen-bond acceptors (Lipinski definition) is 4. The predicted octanol–water partition coefficient (Wildman–Crippen LogP) is 4.30. The Hall–Kier alpha value is -2.82. The zero-order valence-corrected chi connectivity index (χ0v) is 15.7. The number of rotatable bonds is 3. The minimum Gasteiger partial charge on any atom is -0.380 e. The van der Waals surface area contributed by atoms with Crippen LogP contribution >= 0.6 is 0 Å². The van der Waals surface area contributed by atoms with Gasteiger partial charge < -0.3 is 15.4 Å². The fourth-order valence-corrected chi connectivity index (χ4v) is 4.22. The molecule has 0 bridgehead atoms. The van der Waals surface area contributed by atoms with E-state index in [0.717, 1.165) is 29.6 Å². The Morgan fingerprint density at radius 3 is 2.81 bits per heavy atom. The molecule has 1 saturated carbocycles. The van der Waals surface area contributed by atoms with Gasteiger partial charge in [0.05, 0.1) is 28.6 Å². The van der Waals surface area contributed by atoms with Gasteiger partial charge in [0, 0.05) is 30.0 Å². The summed E-state index contributed by atoms with van der Waals surface area (Å²) in [6.45, 7) is 2.12. The minimum atomic E-state index is -0.161. The summed E-state index contributed by atoms with van der Waals surface area (Å²) in [5.41, 5.74) is 6.82. The lowest BCUT2D eigenvalue weighted by Crippen LogP contribution is -2.25. The molecule has 0 saturated heterocycles. The molecule has 2 heterocycles. The van der Waals surface area contributed by atoms with Gasteiger partial charge in [-0.1, -0.05) is 18.2 Å². The number of aldehydes is 1. The zero-order valence-electron chi connectivity index (χ0n) is 15.7. The topological polar surface area (TPSA) is 59.0 Å². The average Bonchev–Trinajstić information content (AvgIpc) is 3.47. The fourth-order valence-electron chi connectivity index (χ4n) is 4.22. The van der Waals surface area contributed by atoms with Crippen LogP contribution in [0.25, 0.3) is 22.0 Å². The van der Waals surface area contributed by atoms with Gasteiger partial charge in [0.15, 0.2) is 0 Å². The van der Waals surface area contributed by atoms with E-state index in [4.69, 9.17) is 5.10 Å². The highest BCUT2D eigenvalue weighted by atomic mass is 16.1. The van der Waals surface area contributed by atoms with E-state index in [1.165, 1.54) is 35.0 Å². The molecule has 1 fully saturated rings. The molecular weight excluding hydrogens is 336 g/mol. The summed E-state index contributed by atoms with van der Waals surface area (Å²) in [6.07, 6.45) is 4.26. The SMILES string of the molecule is C[C@@H]1CC(C=O)Nc2cccc(-c3ccc4c(c3)c(C3CC3)nn4C)c2N1. The monoisotopic (exact) mass is 360 g/mol. The summed E-state index contributed by atoms with van der Waals surface area (Å²) in [5, 5.41) is 13.0. The van der Waals surface area contributed by atoms with Crippen molar-refractivity contribution in [2.75, 3.05) is 10.6 Å². The molecule has 3 aromatic rings. The zero-order chi connectivity index (χ0) is 18.5. The van der Waals surface area contributed by atoms with Crippen molar-refractivity contribution >= 4 is 28.6 Å². The highest BCUT2D eigenvalue weighted by Gasteiger charge is 2.29. The van der Waals surface area contributed by atoms with Crippen LogP contribution in [-0.2, 0) is 11.8 Å². The molecule has 27 heavy (non-hydrogen) atoms. The lowest BCUT2D eigenvalue weighted by molar-refractivity contribution is -0.108. The molecule has 0 spiro atoms. The lowest BCUT2D eigenvalue weighted by Gasteiger charge is -2.17. The van der Waals surface area contributed by atoms with Crippen molar-refractivity contribution in [2.45, 2.75) is 44.2 Å². The van der Waals surface area contributed by atoms with Crippen molar-refractivity contribution in [3.05, 3.63) is 42.1 Å². The Balaban J connectivity index is 1.65. The lowest BCUT2D eigenvalue weighted by atomic mass is 9.99. The normalized spacial score (nSPS) is 21.9. The van der Waals surface area contributed by atoms with Crippen LogP contribution in [0.1, 0.15) is 37.8 Å². The molecular formula is C22H24N4O. The van der Waals surface area contributed by atoms with Gasteiger partial charge in [-0.05, 0) is 49.9 Å². The first-order valence-electron chi connectivity index (χ1n) is 9.72. The summed E-state index contributed by atoms with van der Waals surface area (Å²) < 4.78 is 1.99. The Bertz CT molecular complexity index is 1030. The number of carbonyl (C=O) groups excluding carboxylic acids is 1. The van der Waals surface area contributed by atoms with Crippen molar-refractivity contribution in [3.63, 3.8) is 0 Å². The highest BCUT2D eigenvalue weighted by Crippen LogP contribution is 2.44. The smallest absolute Gasteiger partial charge is 0.142 e. The largest absolute Gasteiger partial charge is 0.380 e. The second-order valence-corrected chi connectivity index (χ2v) is 7.91. The third-order valence-electron chi connectivity index (χ3n) is 5.72. The Morgan fingerprint density at radius 2 is 2.04 bits per heavy atom. The van der Waals surface area contributed by atoms with E-state index >= 15 is 0 Å². The third-order valence-corrected chi connectivity index (χ3v) is 5.72. The van der Waals surface area contributed by atoms with Crippen molar-refractivity contribution in [3.8, 4) is 11.1 Å². The van der Waals surface area contributed by atoms with Gasteiger partial charge in [0.25, 0.3) is 0 Å².